The molecule has 1 N–H and O–H groups in total. The number of nitrogens with one attached hydrogen (secondary N) is 1. The monoisotopic (exact) mass is 434 g/mol. The van der Waals surface area contributed by atoms with Gasteiger partial charge in [0.2, 0.25) is 5.91 Å². The first-order chi connectivity index (χ1) is 14.4. The molecule has 0 spiro atoms. The van der Waals surface area contributed by atoms with Crippen LogP contribution in [0.5, 0.6) is 5.75 Å². The number of halogens is 2. The number of amides is 2. The number of hydrogen-bond donors (Lipinski definition) is 1. The Balaban J connectivity index is 1.51. The first-order valence-corrected chi connectivity index (χ1v) is 9.70. The van der Waals surface area contributed by atoms with E-state index in [1.807, 2.05) is 6.92 Å². The van der Waals surface area contributed by atoms with Crippen molar-refractivity contribution in [2.75, 3.05) is 30.0 Å². The standard InChI is InChI=1S/C21H20ClFN2O5/c1-2-29-16-6-4-15(5-7-16)25-11-13(9-20(25)27)21(28)30-12-19(26)24-14-3-8-18(23)17(22)10-14/h3-8,10,13H,2,9,11-12H2,1H3,(H,24,26)/t13-/m1/s1. The van der Waals surface area contributed by atoms with E-state index < -0.39 is 30.2 Å². The number of nitrogens with zero attached hydrogens (tertiary/aromatic N) is 1. The summed E-state index contributed by atoms with van der Waals surface area (Å²) in [5.41, 5.74) is 0.935. The van der Waals surface area contributed by atoms with Gasteiger partial charge >= 0.3 is 5.97 Å². The van der Waals surface area contributed by atoms with E-state index in [4.69, 9.17) is 21.1 Å². The highest BCUT2D eigenvalue weighted by molar-refractivity contribution is 6.31. The Morgan fingerprint density at radius 2 is 1.97 bits per heavy atom. The Hall–Kier alpha value is -3.13. The van der Waals surface area contributed by atoms with E-state index in [2.05, 4.69) is 5.32 Å². The van der Waals surface area contributed by atoms with Crippen LogP contribution in [0.4, 0.5) is 15.8 Å². The third kappa shape index (κ3) is 5.27. The number of ether oxygens (including phenoxy) is 2. The van der Waals surface area contributed by atoms with E-state index in [-0.39, 0.29) is 29.6 Å². The highest BCUT2D eigenvalue weighted by Gasteiger charge is 2.36. The van der Waals surface area contributed by atoms with E-state index in [0.717, 1.165) is 6.07 Å². The van der Waals surface area contributed by atoms with E-state index in [9.17, 15) is 18.8 Å². The van der Waals surface area contributed by atoms with Crippen molar-refractivity contribution in [1.82, 2.24) is 0 Å². The van der Waals surface area contributed by atoms with Gasteiger partial charge in [0, 0.05) is 24.3 Å². The molecule has 2 aromatic carbocycles. The lowest BCUT2D eigenvalue weighted by molar-refractivity contribution is -0.151. The fourth-order valence-corrected chi connectivity index (χ4v) is 3.21. The summed E-state index contributed by atoms with van der Waals surface area (Å²) in [6, 6.07) is 10.7. The van der Waals surface area contributed by atoms with Crippen molar-refractivity contribution in [3.05, 3.63) is 53.3 Å². The molecule has 3 rings (SSSR count). The van der Waals surface area contributed by atoms with Crippen LogP contribution >= 0.6 is 11.6 Å². The first kappa shape index (κ1) is 21.6. The summed E-state index contributed by atoms with van der Waals surface area (Å²) in [7, 11) is 0. The molecule has 7 nitrogen and oxygen atoms in total. The Kier molecular flexibility index (Phi) is 6.89. The summed E-state index contributed by atoms with van der Waals surface area (Å²) in [6.07, 6.45) is 0.00122. The minimum atomic E-state index is -0.669. The zero-order chi connectivity index (χ0) is 21.7. The predicted octanol–water partition coefficient (Wildman–Crippen LogP) is 3.41. The van der Waals surface area contributed by atoms with Crippen LogP contribution in [0, 0.1) is 11.7 Å². The second-order valence-corrected chi connectivity index (χ2v) is 7.02. The maximum atomic E-state index is 13.2. The van der Waals surface area contributed by atoms with Crippen LogP contribution in [0.3, 0.4) is 0 Å². The van der Waals surface area contributed by atoms with Gasteiger partial charge in [0.15, 0.2) is 6.61 Å². The second kappa shape index (κ2) is 9.58. The molecule has 0 aliphatic carbocycles. The predicted molar refractivity (Wildman–Crippen MR) is 109 cm³/mol. The maximum absolute atomic E-state index is 13.2. The molecule has 1 aliphatic heterocycles. The molecule has 2 aromatic rings. The highest BCUT2D eigenvalue weighted by Crippen LogP contribution is 2.27. The summed E-state index contributed by atoms with van der Waals surface area (Å²) < 4.78 is 23.6. The number of carbonyl (C=O) groups is 3. The lowest BCUT2D eigenvalue weighted by atomic mass is 10.1. The van der Waals surface area contributed by atoms with Crippen LogP contribution in [-0.2, 0) is 19.1 Å². The molecule has 30 heavy (non-hydrogen) atoms. The molecule has 0 aromatic heterocycles. The van der Waals surface area contributed by atoms with Crippen molar-refractivity contribution < 1.29 is 28.2 Å². The zero-order valence-electron chi connectivity index (χ0n) is 16.2. The second-order valence-electron chi connectivity index (χ2n) is 6.62. The van der Waals surface area contributed by atoms with E-state index in [0.29, 0.717) is 18.0 Å². The Labute approximate surface area is 177 Å². The van der Waals surface area contributed by atoms with Gasteiger partial charge in [-0.25, -0.2) is 4.39 Å². The molecule has 1 heterocycles. The van der Waals surface area contributed by atoms with Crippen molar-refractivity contribution in [2.24, 2.45) is 5.92 Å². The molecule has 9 heteroatoms. The summed E-state index contributed by atoms with van der Waals surface area (Å²) in [6.45, 7) is 2.06. The SMILES string of the molecule is CCOc1ccc(N2C[C@H](C(=O)OCC(=O)Nc3ccc(F)c(Cl)c3)CC2=O)cc1. The number of benzene rings is 2. The van der Waals surface area contributed by atoms with Crippen molar-refractivity contribution in [2.45, 2.75) is 13.3 Å². The molecule has 1 atom stereocenters. The molecule has 1 saturated heterocycles. The van der Waals surface area contributed by atoms with Gasteiger partial charge in [-0.15, -0.1) is 0 Å². The number of anilines is 2. The first-order valence-electron chi connectivity index (χ1n) is 9.32. The quantitative estimate of drug-likeness (QED) is 0.675. The normalized spacial score (nSPS) is 15.8. The van der Waals surface area contributed by atoms with E-state index >= 15 is 0 Å². The zero-order valence-corrected chi connectivity index (χ0v) is 16.9. The average Bonchev–Trinajstić information content (AvgIpc) is 3.11. The van der Waals surface area contributed by atoms with Crippen LogP contribution in [0.25, 0.3) is 0 Å². The topological polar surface area (TPSA) is 84.9 Å². The average molecular weight is 435 g/mol. The number of rotatable bonds is 7. The maximum Gasteiger partial charge on any atom is 0.311 e. The molecule has 1 aliphatic rings. The van der Waals surface area contributed by atoms with Crippen molar-refractivity contribution in [3.8, 4) is 5.75 Å². The molecular weight excluding hydrogens is 415 g/mol. The van der Waals surface area contributed by atoms with Gasteiger partial charge < -0.3 is 19.7 Å². The van der Waals surface area contributed by atoms with Crippen LogP contribution in [-0.4, -0.2) is 37.5 Å². The molecule has 0 unspecified atom stereocenters. The molecule has 2 amide bonds. The summed E-state index contributed by atoms with van der Waals surface area (Å²) >= 11 is 5.66. The fraction of sp³-hybridized carbons (Fsp3) is 0.286. The lowest BCUT2D eigenvalue weighted by Gasteiger charge is -2.17. The number of esters is 1. The molecule has 158 valence electrons. The minimum absolute atomic E-state index is 0.00122. The third-order valence-corrected chi connectivity index (χ3v) is 4.76. The molecular formula is C21H20ClFN2O5. The van der Waals surface area contributed by atoms with Gasteiger partial charge in [-0.2, -0.15) is 0 Å². The smallest absolute Gasteiger partial charge is 0.311 e. The molecule has 0 bridgehead atoms. The van der Waals surface area contributed by atoms with Gasteiger partial charge in [-0.1, -0.05) is 11.6 Å². The van der Waals surface area contributed by atoms with Crippen LogP contribution in [0.15, 0.2) is 42.5 Å². The van der Waals surface area contributed by atoms with E-state index in [1.54, 1.807) is 24.3 Å². The lowest BCUT2D eigenvalue weighted by Crippen LogP contribution is -2.28. The summed E-state index contributed by atoms with van der Waals surface area (Å²) in [5, 5.41) is 2.32. The summed E-state index contributed by atoms with van der Waals surface area (Å²) in [5.74, 6) is -2.02. The Morgan fingerprint density at radius 1 is 1.23 bits per heavy atom. The van der Waals surface area contributed by atoms with Gasteiger partial charge in [-0.05, 0) is 49.4 Å². The fourth-order valence-electron chi connectivity index (χ4n) is 3.03. The van der Waals surface area contributed by atoms with Crippen LogP contribution in [0.2, 0.25) is 5.02 Å². The summed E-state index contributed by atoms with van der Waals surface area (Å²) in [4.78, 5) is 38.0. The van der Waals surface area contributed by atoms with Crippen molar-refractivity contribution >= 4 is 40.8 Å². The molecule has 0 saturated carbocycles. The Morgan fingerprint density at radius 3 is 2.63 bits per heavy atom. The number of hydrogen-bond acceptors (Lipinski definition) is 5. The van der Waals surface area contributed by atoms with E-state index in [1.165, 1.54) is 17.0 Å². The molecule has 0 radical (unpaired) electrons. The van der Waals surface area contributed by atoms with Gasteiger partial charge in [0.05, 0.1) is 17.5 Å². The van der Waals surface area contributed by atoms with Gasteiger partial charge in [0.1, 0.15) is 11.6 Å². The van der Waals surface area contributed by atoms with Crippen molar-refractivity contribution in [1.29, 1.82) is 0 Å². The van der Waals surface area contributed by atoms with Gasteiger partial charge in [0.25, 0.3) is 5.91 Å². The highest BCUT2D eigenvalue weighted by atomic mass is 35.5. The minimum Gasteiger partial charge on any atom is -0.494 e. The number of carbonyl (C=O) groups excluding carboxylic acids is 3. The van der Waals surface area contributed by atoms with Gasteiger partial charge in [-0.3, -0.25) is 14.4 Å². The van der Waals surface area contributed by atoms with Crippen molar-refractivity contribution in [3.63, 3.8) is 0 Å². The van der Waals surface area contributed by atoms with Crippen LogP contribution in [0.1, 0.15) is 13.3 Å². The largest absolute Gasteiger partial charge is 0.494 e. The Bertz CT molecular complexity index is 951. The third-order valence-electron chi connectivity index (χ3n) is 4.47. The molecule has 1 fully saturated rings. The van der Waals surface area contributed by atoms with Crippen LogP contribution < -0.4 is 15.0 Å².